The fraction of sp³-hybridized carbons (Fsp3) is 0.350. The number of carbonyl (C=O) groups is 1. The SMILES string of the molecule is O=C(c1ccccc1)C(Nc1ccccc1)C1CCCCC1. The predicted molar refractivity (Wildman–Crippen MR) is 91.2 cm³/mol. The maximum Gasteiger partial charge on any atom is 0.185 e. The van der Waals surface area contributed by atoms with E-state index in [1.807, 2.05) is 60.7 Å². The molecule has 0 radical (unpaired) electrons. The third-order valence-corrected chi connectivity index (χ3v) is 4.56. The molecule has 1 aliphatic carbocycles. The Morgan fingerprint density at radius 3 is 2.09 bits per heavy atom. The number of hydrogen-bond acceptors (Lipinski definition) is 2. The second-order valence-electron chi connectivity index (χ2n) is 6.12. The van der Waals surface area contributed by atoms with E-state index in [9.17, 15) is 4.79 Å². The smallest absolute Gasteiger partial charge is 0.185 e. The van der Waals surface area contributed by atoms with Gasteiger partial charge in [-0.1, -0.05) is 67.8 Å². The van der Waals surface area contributed by atoms with Gasteiger partial charge in [-0.15, -0.1) is 0 Å². The third kappa shape index (κ3) is 3.56. The van der Waals surface area contributed by atoms with Crippen molar-refractivity contribution in [1.82, 2.24) is 0 Å². The van der Waals surface area contributed by atoms with Crippen LogP contribution in [0.25, 0.3) is 0 Å². The van der Waals surface area contributed by atoms with Gasteiger partial charge < -0.3 is 5.32 Å². The molecule has 0 saturated heterocycles. The molecule has 1 atom stereocenters. The number of hydrogen-bond donors (Lipinski definition) is 1. The van der Waals surface area contributed by atoms with Gasteiger partial charge in [0.15, 0.2) is 5.78 Å². The van der Waals surface area contributed by atoms with E-state index in [2.05, 4.69) is 5.32 Å². The van der Waals surface area contributed by atoms with Crippen molar-refractivity contribution in [1.29, 1.82) is 0 Å². The third-order valence-electron chi connectivity index (χ3n) is 4.56. The summed E-state index contributed by atoms with van der Waals surface area (Å²) < 4.78 is 0. The quantitative estimate of drug-likeness (QED) is 0.792. The molecule has 114 valence electrons. The minimum absolute atomic E-state index is 0.120. The molecule has 3 rings (SSSR count). The van der Waals surface area contributed by atoms with Crippen LogP contribution in [-0.2, 0) is 0 Å². The summed E-state index contributed by atoms with van der Waals surface area (Å²) in [6.07, 6.45) is 6.06. The molecule has 1 fully saturated rings. The molecule has 0 aromatic heterocycles. The van der Waals surface area contributed by atoms with Crippen LogP contribution in [0.15, 0.2) is 60.7 Å². The number of Topliss-reactive ketones (excluding diaryl/α,β-unsaturated/α-hetero) is 1. The summed E-state index contributed by atoms with van der Waals surface area (Å²) in [6, 6.07) is 19.6. The van der Waals surface area contributed by atoms with Crippen molar-refractivity contribution in [2.45, 2.75) is 38.1 Å². The molecule has 22 heavy (non-hydrogen) atoms. The van der Waals surface area contributed by atoms with Gasteiger partial charge in [-0.2, -0.15) is 0 Å². The first-order valence-corrected chi connectivity index (χ1v) is 8.25. The molecular weight excluding hydrogens is 270 g/mol. The maximum absolute atomic E-state index is 13.0. The summed E-state index contributed by atoms with van der Waals surface area (Å²) in [5, 5.41) is 3.50. The van der Waals surface area contributed by atoms with Gasteiger partial charge in [0, 0.05) is 11.3 Å². The Bertz CT molecular complexity index is 588. The van der Waals surface area contributed by atoms with E-state index in [4.69, 9.17) is 0 Å². The van der Waals surface area contributed by atoms with Gasteiger partial charge in [0.25, 0.3) is 0 Å². The highest BCUT2D eigenvalue weighted by molar-refractivity contribution is 6.01. The van der Waals surface area contributed by atoms with E-state index in [0.717, 1.165) is 24.1 Å². The summed E-state index contributed by atoms with van der Waals surface area (Å²) in [6.45, 7) is 0. The van der Waals surface area contributed by atoms with Gasteiger partial charge in [-0.25, -0.2) is 0 Å². The highest BCUT2D eigenvalue weighted by Gasteiger charge is 2.30. The number of ketones is 1. The van der Waals surface area contributed by atoms with Crippen LogP contribution in [0.1, 0.15) is 42.5 Å². The number of anilines is 1. The van der Waals surface area contributed by atoms with E-state index >= 15 is 0 Å². The van der Waals surface area contributed by atoms with Crippen LogP contribution in [0.5, 0.6) is 0 Å². The summed E-state index contributed by atoms with van der Waals surface area (Å²) in [7, 11) is 0. The molecule has 0 heterocycles. The molecule has 2 aromatic rings. The minimum atomic E-state index is -0.120. The molecule has 0 bridgehead atoms. The molecule has 1 N–H and O–H groups in total. The molecule has 2 nitrogen and oxygen atoms in total. The fourth-order valence-electron chi connectivity index (χ4n) is 3.36. The Balaban J connectivity index is 1.83. The van der Waals surface area contributed by atoms with Crippen molar-refractivity contribution < 1.29 is 4.79 Å². The number of nitrogens with one attached hydrogen (secondary N) is 1. The van der Waals surface area contributed by atoms with Crippen LogP contribution in [0, 0.1) is 5.92 Å². The molecule has 1 unspecified atom stereocenters. The zero-order valence-corrected chi connectivity index (χ0v) is 12.9. The zero-order chi connectivity index (χ0) is 15.2. The van der Waals surface area contributed by atoms with Crippen molar-refractivity contribution in [2.24, 2.45) is 5.92 Å². The lowest BCUT2D eigenvalue weighted by atomic mass is 9.81. The van der Waals surface area contributed by atoms with Gasteiger partial charge in [-0.3, -0.25) is 4.79 Å². The fourth-order valence-corrected chi connectivity index (χ4v) is 3.36. The van der Waals surface area contributed by atoms with E-state index < -0.39 is 0 Å². The predicted octanol–water partition coefficient (Wildman–Crippen LogP) is 4.93. The lowest BCUT2D eigenvalue weighted by Crippen LogP contribution is -2.38. The maximum atomic E-state index is 13.0. The summed E-state index contributed by atoms with van der Waals surface area (Å²) in [4.78, 5) is 13.0. The van der Waals surface area contributed by atoms with Crippen molar-refractivity contribution >= 4 is 11.5 Å². The molecule has 1 saturated carbocycles. The average Bonchev–Trinajstić information content (AvgIpc) is 2.61. The molecular formula is C20H23NO. The van der Waals surface area contributed by atoms with E-state index in [0.29, 0.717) is 5.92 Å². The van der Waals surface area contributed by atoms with Crippen molar-refractivity contribution in [3.63, 3.8) is 0 Å². The first-order chi connectivity index (χ1) is 10.8. The van der Waals surface area contributed by atoms with E-state index in [1.54, 1.807) is 0 Å². The zero-order valence-electron chi connectivity index (χ0n) is 12.9. The van der Waals surface area contributed by atoms with E-state index in [1.165, 1.54) is 19.3 Å². The van der Waals surface area contributed by atoms with Crippen LogP contribution in [0.3, 0.4) is 0 Å². The summed E-state index contributed by atoms with van der Waals surface area (Å²) >= 11 is 0. The van der Waals surface area contributed by atoms with Gasteiger partial charge in [0.2, 0.25) is 0 Å². The second-order valence-corrected chi connectivity index (χ2v) is 6.12. The first-order valence-electron chi connectivity index (χ1n) is 8.25. The molecule has 2 heteroatoms. The Labute approximate surface area is 132 Å². The normalized spacial score (nSPS) is 16.9. The number of para-hydroxylation sites is 1. The Morgan fingerprint density at radius 2 is 1.45 bits per heavy atom. The van der Waals surface area contributed by atoms with Gasteiger partial charge in [-0.05, 0) is 30.9 Å². The summed E-state index contributed by atoms with van der Waals surface area (Å²) in [5.74, 6) is 0.651. The highest BCUT2D eigenvalue weighted by Crippen LogP contribution is 2.30. The number of rotatable bonds is 5. The van der Waals surface area contributed by atoms with Gasteiger partial charge in [0.1, 0.15) is 0 Å². The highest BCUT2D eigenvalue weighted by atomic mass is 16.1. The molecule has 2 aromatic carbocycles. The van der Waals surface area contributed by atoms with Crippen LogP contribution < -0.4 is 5.32 Å². The van der Waals surface area contributed by atoms with E-state index in [-0.39, 0.29) is 11.8 Å². The van der Waals surface area contributed by atoms with Crippen LogP contribution in [-0.4, -0.2) is 11.8 Å². The Kier molecular flexibility index (Phi) is 4.89. The largest absolute Gasteiger partial charge is 0.375 e. The monoisotopic (exact) mass is 293 g/mol. The molecule has 1 aliphatic rings. The van der Waals surface area contributed by atoms with Crippen molar-refractivity contribution in [3.05, 3.63) is 66.2 Å². The van der Waals surface area contributed by atoms with Crippen LogP contribution >= 0.6 is 0 Å². The topological polar surface area (TPSA) is 29.1 Å². The van der Waals surface area contributed by atoms with Crippen molar-refractivity contribution in [3.8, 4) is 0 Å². The second kappa shape index (κ2) is 7.26. The minimum Gasteiger partial charge on any atom is -0.375 e. The molecule has 0 amide bonds. The van der Waals surface area contributed by atoms with Gasteiger partial charge in [0.05, 0.1) is 6.04 Å². The Morgan fingerprint density at radius 1 is 0.864 bits per heavy atom. The lowest BCUT2D eigenvalue weighted by Gasteiger charge is -2.30. The molecule has 0 spiro atoms. The first kappa shape index (κ1) is 14.8. The number of carbonyl (C=O) groups excluding carboxylic acids is 1. The van der Waals surface area contributed by atoms with Crippen LogP contribution in [0.2, 0.25) is 0 Å². The number of benzene rings is 2. The Hall–Kier alpha value is -2.09. The van der Waals surface area contributed by atoms with Crippen LogP contribution in [0.4, 0.5) is 5.69 Å². The molecule has 0 aliphatic heterocycles. The van der Waals surface area contributed by atoms with Gasteiger partial charge >= 0.3 is 0 Å². The standard InChI is InChI=1S/C20H23NO/c22-20(17-12-6-2-7-13-17)19(16-10-4-1-5-11-16)21-18-14-8-3-9-15-18/h2-3,6-9,12-16,19,21H,1,4-5,10-11H2. The van der Waals surface area contributed by atoms with Crippen molar-refractivity contribution in [2.75, 3.05) is 5.32 Å². The summed E-state index contributed by atoms with van der Waals surface area (Å²) in [5.41, 5.74) is 1.84. The lowest BCUT2D eigenvalue weighted by molar-refractivity contribution is 0.0929. The average molecular weight is 293 g/mol.